The number of hydrogen-bond acceptors (Lipinski definition) is 4. The van der Waals surface area contributed by atoms with Gasteiger partial charge in [0, 0.05) is 12.7 Å². The quantitative estimate of drug-likeness (QED) is 0.748. The molecule has 0 aliphatic carbocycles. The van der Waals surface area contributed by atoms with Crippen LogP contribution in [0.2, 0.25) is 0 Å². The molecule has 0 saturated carbocycles. The fourth-order valence-electron chi connectivity index (χ4n) is 1.13. The molecule has 0 atom stereocenters. The Labute approximate surface area is 94.6 Å². The van der Waals surface area contributed by atoms with Gasteiger partial charge in [-0.2, -0.15) is 13.2 Å². The first-order valence-electron chi connectivity index (χ1n) is 4.40. The summed E-state index contributed by atoms with van der Waals surface area (Å²) in [7, 11) is 1.23. The number of carbonyl (C=O) groups is 1. The Bertz CT molecular complexity index is 415. The van der Waals surface area contributed by atoms with Crippen LogP contribution in [0.5, 0.6) is 5.75 Å². The summed E-state index contributed by atoms with van der Waals surface area (Å²) in [4.78, 5) is 10.5. The SMILES string of the molecule is COCOc1cc(C(=O)[O-])ccc1C(F)(F)F. The summed E-state index contributed by atoms with van der Waals surface area (Å²) in [6, 6.07) is 2.17. The van der Waals surface area contributed by atoms with Crippen LogP contribution in [-0.4, -0.2) is 19.9 Å². The van der Waals surface area contributed by atoms with Crippen LogP contribution in [0.4, 0.5) is 13.2 Å². The van der Waals surface area contributed by atoms with Gasteiger partial charge in [-0.05, 0) is 12.1 Å². The maximum atomic E-state index is 12.5. The van der Waals surface area contributed by atoms with Crippen molar-refractivity contribution >= 4 is 5.97 Å². The predicted octanol–water partition coefficient (Wildman–Crippen LogP) is 1.05. The van der Waals surface area contributed by atoms with Crippen LogP contribution in [0.3, 0.4) is 0 Å². The highest BCUT2D eigenvalue weighted by molar-refractivity contribution is 5.86. The average Bonchev–Trinajstić information content (AvgIpc) is 2.24. The molecule has 94 valence electrons. The number of carboxylic acids is 1. The van der Waals surface area contributed by atoms with Gasteiger partial charge in [0.2, 0.25) is 0 Å². The Morgan fingerprint density at radius 1 is 1.41 bits per heavy atom. The van der Waals surface area contributed by atoms with Crippen molar-refractivity contribution in [3.63, 3.8) is 0 Å². The molecule has 1 rings (SSSR count). The Balaban J connectivity index is 3.17. The lowest BCUT2D eigenvalue weighted by Gasteiger charge is -2.15. The molecule has 1 aromatic rings. The molecule has 0 radical (unpaired) electrons. The molecule has 7 heteroatoms. The first-order chi connectivity index (χ1) is 7.86. The summed E-state index contributed by atoms with van der Waals surface area (Å²) in [6.07, 6.45) is -4.63. The minimum absolute atomic E-state index is 0.399. The molecule has 0 aromatic heterocycles. The summed E-state index contributed by atoms with van der Waals surface area (Å²) in [5.74, 6) is -2.19. The zero-order chi connectivity index (χ0) is 13.1. The minimum atomic E-state index is -4.63. The third kappa shape index (κ3) is 3.35. The molecule has 0 spiro atoms. The highest BCUT2D eigenvalue weighted by Gasteiger charge is 2.34. The van der Waals surface area contributed by atoms with E-state index in [1.54, 1.807) is 0 Å². The van der Waals surface area contributed by atoms with Crippen LogP contribution in [0, 0.1) is 0 Å². The van der Waals surface area contributed by atoms with Crippen molar-refractivity contribution < 1.29 is 32.5 Å². The number of hydrogen-bond donors (Lipinski definition) is 0. The lowest BCUT2D eigenvalue weighted by atomic mass is 10.1. The van der Waals surface area contributed by atoms with E-state index in [9.17, 15) is 23.1 Å². The Morgan fingerprint density at radius 3 is 2.53 bits per heavy atom. The topological polar surface area (TPSA) is 58.6 Å². The number of aromatic carboxylic acids is 1. The normalized spacial score (nSPS) is 11.3. The lowest BCUT2D eigenvalue weighted by molar-refractivity contribution is -0.255. The van der Waals surface area contributed by atoms with Gasteiger partial charge in [0.15, 0.2) is 6.79 Å². The molecule has 0 aliphatic heterocycles. The number of alkyl halides is 3. The molecular weight excluding hydrogens is 241 g/mol. The highest BCUT2D eigenvalue weighted by atomic mass is 19.4. The predicted molar refractivity (Wildman–Crippen MR) is 48.3 cm³/mol. The summed E-state index contributed by atoms with van der Waals surface area (Å²) in [5.41, 5.74) is -1.47. The number of carboxylic acid groups (broad SMARTS) is 1. The van der Waals surface area contributed by atoms with E-state index >= 15 is 0 Å². The molecule has 0 fully saturated rings. The van der Waals surface area contributed by atoms with Crippen LogP contribution in [0.25, 0.3) is 0 Å². The first-order valence-corrected chi connectivity index (χ1v) is 4.40. The molecule has 0 aliphatic rings. The molecule has 0 heterocycles. The Kier molecular flexibility index (Phi) is 3.95. The van der Waals surface area contributed by atoms with E-state index in [0.717, 1.165) is 12.1 Å². The fourth-order valence-corrected chi connectivity index (χ4v) is 1.13. The minimum Gasteiger partial charge on any atom is -0.545 e. The second-order valence-electron chi connectivity index (χ2n) is 3.05. The number of halogens is 3. The van der Waals surface area contributed by atoms with Crippen molar-refractivity contribution in [1.82, 2.24) is 0 Å². The van der Waals surface area contributed by atoms with Crippen LogP contribution in [0.15, 0.2) is 18.2 Å². The van der Waals surface area contributed by atoms with Gasteiger partial charge >= 0.3 is 6.18 Å². The van der Waals surface area contributed by atoms with Crippen LogP contribution < -0.4 is 9.84 Å². The maximum Gasteiger partial charge on any atom is 0.419 e. The van der Waals surface area contributed by atoms with Crippen LogP contribution in [0.1, 0.15) is 15.9 Å². The third-order valence-electron chi connectivity index (χ3n) is 1.85. The molecule has 1 aromatic carbocycles. The van der Waals surface area contributed by atoms with Crippen molar-refractivity contribution in [3.8, 4) is 5.75 Å². The first kappa shape index (κ1) is 13.3. The molecule has 0 saturated heterocycles. The largest absolute Gasteiger partial charge is 0.545 e. The molecule has 0 unspecified atom stereocenters. The smallest absolute Gasteiger partial charge is 0.419 e. The van der Waals surface area contributed by atoms with Gasteiger partial charge in [-0.3, -0.25) is 0 Å². The van der Waals surface area contributed by atoms with E-state index in [1.807, 2.05) is 0 Å². The van der Waals surface area contributed by atoms with Gasteiger partial charge in [-0.15, -0.1) is 0 Å². The van der Waals surface area contributed by atoms with Gasteiger partial charge in [-0.25, -0.2) is 0 Å². The second-order valence-corrected chi connectivity index (χ2v) is 3.05. The number of rotatable bonds is 4. The Morgan fingerprint density at radius 2 is 2.06 bits per heavy atom. The summed E-state index contributed by atoms with van der Waals surface area (Å²) in [6.45, 7) is -0.417. The van der Waals surface area contributed by atoms with Gasteiger partial charge in [0.1, 0.15) is 5.75 Å². The number of carbonyl (C=O) groups excluding carboxylic acids is 1. The summed E-state index contributed by atoms with van der Waals surface area (Å²) in [5, 5.41) is 10.5. The maximum absolute atomic E-state index is 12.5. The van der Waals surface area contributed by atoms with Crippen molar-refractivity contribution in [2.75, 3.05) is 13.9 Å². The van der Waals surface area contributed by atoms with Gasteiger partial charge in [0.05, 0.1) is 11.5 Å². The monoisotopic (exact) mass is 249 g/mol. The molecule has 0 bridgehead atoms. The third-order valence-corrected chi connectivity index (χ3v) is 1.85. The van der Waals surface area contributed by atoms with Crippen molar-refractivity contribution in [3.05, 3.63) is 29.3 Å². The van der Waals surface area contributed by atoms with Crippen LogP contribution >= 0.6 is 0 Å². The van der Waals surface area contributed by atoms with Crippen molar-refractivity contribution in [2.45, 2.75) is 6.18 Å². The van der Waals surface area contributed by atoms with E-state index in [1.165, 1.54) is 7.11 Å². The summed E-state index contributed by atoms with van der Waals surface area (Å²) < 4.78 is 46.7. The van der Waals surface area contributed by atoms with Gasteiger partial charge in [-0.1, -0.05) is 6.07 Å². The van der Waals surface area contributed by atoms with Gasteiger partial charge in [0.25, 0.3) is 0 Å². The zero-order valence-corrected chi connectivity index (χ0v) is 8.71. The molecule has 0 N–H and O–H groups in total. The van der Waals surface area contributed by atoms with E-state index < -0.39 is 35.8 Å². The standard InChI is InChI=1S/C10H9F3O4/c1-16-5-17-8-4-6(9(14)15)2-3-7(8)10(11,12)13/h2-4H,5H2,1H3,(H,14,15)/p-1. The van der Waals surface area contributed by atoms with E-state index in [4.69, 9.17) is 0 Å². The lowest BCUT2D eigenvalue weighted by Crippen LogP contribution is -2.22. The van der Waals surface area contributed by atoms with Crippen LogP contribution in [-0.2, 0) is 10.9 Å². The van der Waals surface area contributed by atoms with Gasteiger partial charge < -0.3 is 19.4 Å². The number of benzene rings is 1. The second kappa shape index (κ2) is 5.05. The molecular formula is C10H8F3O4-. The number of methoxy groups -OCH3 is 1. The van der Waals surface area contributed by atoms with E-state index in [0.29, 0.717) is 6.07 Å². The Hall–Kier alpha value is -1.76. The average molecular weight is 249 g/mol. The van der Waals surface area contributed by atoms with Crippen molar-refractivity contribution in [2.24, 2.45) is 0 Å². The zero-order valence-electron chi connectivity index (χ0n) is 8.71. The van der Waals surface area contributed by atoms with E-state index in [-0.39, 0.29) is 0 Å². The van der Waals surface area contributed by atoms with E-state index in [2.05, 4.69) is 9.47 Å². The fraction of sp³-hybridized carbons (Fsp3) is 0.300. The number of ether oxygens (including phenoxy) is 2. The molecule has 4 nitrogen and oxygen atoms in total. The van der Waals surface area contributed by atoms with Crippen molar-refractivity contribution in [1.29, 1.82) is 0 Å². The highest BCUT2D eigenvalue weighted by Crippen LogP contribution is 2.36. The summed E-state index contributed by atoms with van der Waals surface area (Å²) >= 11 is 0. The molecule has 17 heavy (non-hydrogen) atoms. The molecule has 0 amide bonds.